The molecule has 3 heteroatoms. The molecule has 1 aliphatic heterocycles. The number of hydrogen-bond acceptors (Lipinski definition) is 2. The molecule has 2 aromatic rings. The Morgan fingerprint density at radius 3 is 2.40 bits per heavy atom. The first-order valence-corrected chi connectivity index (χ1v) is 7.23. The molecule has 1 aliphatic rings. The number of rotatable bonds is 1. The van der Waals surface area contributed by atoms with Crippen molar-refractivity contribution in [1.82, 2.24) is 0 Å². The van der Waals surface area contributed by atoms with Crippen molar-refractivity contribution in [2.75, 3.05) is 0 Å². The third-order valence-corrected chi connectivity index (χ3v) is 5.69. The van der Waals surface area contributed by atoms with E-state index >= 15 is 0 Å². The van der Waals surface area contributed by atoms with E-state index in [-0.39, 0.29) is 9.72 Å². The van der Waals surface area contributed by atoms with Gasteiger partial charge >= 0.3 is 0 Å². The summed E-state index contributed by atoms with van der Waals surface area (Å²) in [7, 11) is 1.80. The van der Waals surface area contributed by atoms with E-state index in [1.165, 1.54) is 9.79 Å². The van der Waals surface area contributed by atoms with Crippen LogP contribution in [0.5, 0.6) is 0 Å². The lowest BCUT2D eigenvalue weighted by molar-refractivity contribution is 1.41. The smallest absolute Gasteiger partial charge is 0.0861 e. The normalized spacial score (nSPS) is 18.3. The summed E-state index contributed by atoms with van der Waals surface area (Å²) in [6.07, 6.45) is 0. The van der Waals surface area contributed by atoms with Gasteiger partial charge in [-0.05, 0) is 35.1 Å². The molecule has 0 aromatic heterocycles. The lowest BCUT2D eigenvalue weighted by atomic mass is 10.3. The Balaban J connectivity index is 2.02. The van der Waals surface area contributed by atoms with Gasteiger partial charge in [0.15, 0.2) is 0 Å². The Kier molecular flexibility index (Phi) is 2.35. The second kappa shape index (κ2) is 3.83. The third kappa shape index (κ3) is 1.73. The van der Waals surface area contributed by atoms with Gasteiger partial charge in [0, 0.05) is 19.5 Å². The summed E-state index contributed by atoms with van der Waals surface area (Å²) < 4.78 is 4.71. The molecule has 0 saturated heterocycles. The second-order valence-corrected chi connectivity index (χ2v) is 6.41. The Morgan fingerprint density at radius 1 is 0.867 bits per heavy atom. The van der Waals surface area contributed by atoms with Crippen LogP contribution in [-0.2, 0) is 9.72 Å². The molecule has 74 valence electrons. The number of fused-ring (bicyclic) bond motifs is 1. The zero-order valence-electron chi connectivity index (χ0n) is 7.96. The van der Waals surface area contributed by atoms with Crippen LogP contribution < -0.4 is 0 Å². The molecule has 1 nitrogen and oxygen atoms in total. The van der Waals surface area contributed by atoms with Crippen molar-refractivity contribution in [3.63, 3.8) is 0 Å². The minimum absolute atomic E-state index is 0.0455. The van der Waals surface area contributed by atoms with Crippen molar-refractivity contribution in [1.29, 1.82) is 0 Å². The molecule has 0 spiro atoms. The molecule has 3 rings (SSSR count). The standard InChI is InChI=1S/C12H9NS2/c1-2-6-10(7-3-1)15-13-11-8-4-5-9-12(11)14-15/h1-9H. The summed E-state index contributed by atoms with van der Waals surface area (Å²) in [5.41, 5.74) is 1.13. The van der Waals surface area contributed by atoms with Gasteiger partial charge in [-0.3, -0.25) is 0 Å². The molecule has 0 fully saturated rings. The molecule has 0 N–H and O–H groups in total. The minimum Gasteiger partial charge on any atom is -0.211 e. The van der Waals surface area contributed by atoms with E-state index in [0.717, 1.165) is 5.69 Å². The van der Waals surface area contributed by atoms with E-state index < -0.39 is 0 Å². The predicted octanol–water partition coefficient (Wildman–Crippen LogP) is 4.20. The maximum Gasteiger partial charge on any atom is 0.0861 e. The zero-order valence-corrected chi connectivity index (χ0v) is 9.59. The average Bonchev–Trinajstić information content (AvgIpc) is 2.74. The summed E-state index contributed by atoms with van der Waals surface area (Å²) >= 11 is 0. The molecule has 0 radical (unpaired) electrons. The van der Waals surface area contributed by atoms with E-state index in [9.17, 15) is 0 Å². The highest BCUT2D eigenvalue weighted by molar-refractivity contribution is 8.70. The molecule has 1 atom stereocenters. The molecule has 1 unspecified atom stereocenters. The average molecular weight is 231 g/mol. The van der Waals surface area contributed by atoms with Crippen molar-refractivity contribution < 1.29 is 0 Å². The maximum atomic E-state index is 4.71. The summed E-state index contributed by atoms with van der Waals surface area (Å²) in [4.78, 5) is 2.60. The maximum absolute atomic E-state index is 4.71. The van der Waals surface area contributed by atoms with Crippen LogP contribution >= 0.6 is 10.8 Å². The van der Waals surface area contributed by atoms with Crippen molar-refractivity contribution in [2.24, 2.45) is 4.36 Å². The lowest BCUT2D eigenvalue weighted by Gasteiger charge is -1.98. The lowest BCUT2D eigenvalue weighted by Crippen LogP contribution is -1.79. The van der Waals surface area contributed by atoms with E-state index in [1.54, 1.807) is 0 Å². The van der Waals surface area contributed by atoms with Crippen LogP contribution in [0.25, 0.3) is 0 Å². The first-order valence-electron chi connectivity index (χ1n) is 4.72. The van der Waals surface area contributed by atoms with Gasteiger partial charge in [0.05, 0.1) is 5.69 Å². The number of nitrogens with zero attached hydrogens (tertiary/aromatic N) is 1. The first kappa shape index (κ1) is 9.19. The van der Waals surface area contributed by atoms with Gasteiger partial charge in [0.2, 0.25) is 0 Å². The Labute approximate surface area is 95.0 Å². The summed E-state index contributed by atoms with van der Waals surface area (Å²) in [5, 5.41) is 0. The highest BCUT2D eigenvalue weighted by atomic mass is 33.1. The largest absolute Gasteiger partial charge is 0.211 e. The van der Waals surface area contributed by atoms with E-state index in [1.807, 2.05) is 22.9 Å². The molecule has 0 amide bonds. The second-order valence-electron chi connectivity index (χ2n) is 3.20. The van der Waals surface area contributed by atoms with E-state index in [2.05, 4.69) is 42.5 Å². The van der Waals surface area contributed by atoms with Crippen LogP contribution in [0.1, 0.15) is 0 Å². The topological polar surface area (TPSA) is 12.4 Å². The summed E-state index contributed by atoms with van der Waals surface area (Å²) in [6.45, 7) is 0. The molecular weight excluding hydrogens is 222 g/mol. The minimum atomic E-state index is -0.0455. The van der Waals surface area contributed by atoms with Gasteiger partial charge in [0.1, 0.15) is 0 Å². The highest BCUT2D eigenvalue weighted by Crippen LogP contribution is 2.43. The molecule has 0 bridgehead atoms. The number of hydrogen-bond donors (Lipinski definition) is 0. The van der Waals surface area contributed by atoms with Gasteiger partial charge in [-0.25, -0.2) is 4.36 Å². The molecular formula is C12H9NS2. The van der Waals surface area contributed by atoms with Crippen LogP contribution in [0.3, 0.4) is 0 Å². The quantitative estimate of drug-likeness (QED) is 0.670. The first-order chi connectivity index (χ1) is 7.43. The van der Waals surface area contributed by atoms with Crippen molar-refractivity contribution in [3.8, 4) is 0 Å². The van der Waals surface area contributed by atoms with Gasteiger partial charge in [0.25, 0.3) is 0 Å². The van der Waals surface area contributed by atoms with Crippen LogP contribution in [0.4, 0.5) is 5.69 Å². The Hall–Kier alpha value is -1.06. The van der Waals surface area contributed by atoms with Crippen LogP contribution in [0.15, 0.2) is 68.8 Å². The third-order valence-electron chi connectivity index (χ3n) is 2.16. The van der Waals surface area contributed by atoms with Crippen molar-refractivity contribution in [2.45, 2.75) is 9.79 Å². The van der Waals surface area contributed by atoms with Crippen LogP contribution in [-0.4, -0.2) is 0 Å². The van der Waals surface area contributed by atoms with E-state index in [4.69, 9.17) is 4.36 Å². The van der Waals surface area contributed by atoms with Crippen LogP contribution in [0.2, 0.25) is 0 Å². The molecule has 0 saturated carbocycles. The van der Waals surface area contributed by atoms with Crippen LogP contribution in [0, 0.1) is 0 Å². The number of benzene rings is 2. The van der Waals surface area contributed by atoms with Crippen molar-refractivity contribution >= 4 is 26.2 Å². The SMILES string of the molecule is c1ccc(S2=Nc3ccccc3S2)cc1. The molecule has 15 heavy (non-hydrogen) atoms. The zero-order chi connectivity index (χ0) is 10.1. The molecule has 1 heterocycles. The fourth-order valence-corrected chi connectivity index (χ4v) is 4.87. The van der Waals surface area contributed by atoms with Gasteiger partial charge < -0.3 is 0 Å². The van der Waals surface area contributed by atoms with Gasteiger partial charge in [-0.15, -0.1) is 0 Å². The van der Waals surface area contributed by atoms with Gasteiger partial charge in [-0.1, -0.05) is 30.3 Å². The highest BCUT2D eigenvalue weighted by Gasteiger charge is 2.14. The monoisotopic (exact) mass is 231 g/mol. The Bertz CT molecular complexity index is 520. The van der Waals surface area contributed by atoms with E-state index in [0.29, 0.717) is 0 Å². The summed E-state index contributed by atoms with van der Waals surface area (Å²) in [6, 6.07) is 18.8. The Morgan fingerprint density at radius 2 is 1.60 bits per heavy atom. The molecule has 0 aliphatic carbocycles. The fraction of sp³-hybridized carbons (Fsp3) is 0. The molecule has 2 aromatic carbocycles. The van der Waals surface area contributed by atoms with Crippen molar-refractivity contribution in [3.05, 3.63) is 54.6 Å². The van der Waals surface area contributed by atoms with Gasteiger partial charge in [-0.2, -0.15) is 0 Å². The summed E-state index contributed by atoms with van der Waals surface area (Å²) in [5.74, 6) is 0. The fourth-order valence-electron chi connectivity index (χ4n) is 1.43. The predicted molar refractivity (Wildman–Crippen MR) is 66.5 cm³/mol.